The van der Waals surface area contributed by atoms with Crippen molar-refractivity contribution in [1.82, 2.24) is 0 Å². The summed E-state index contributed by atoms with van der Waals surface area (Å²) in [5, 5.41) is 0. The maximum atomic E-state index is 13.4. The van der Waals surface area contributed by atoms with E-state index in [4.69, 9.17) is 5.73 Å². The van der Waals surface area contributed by atoms with Gasteiger partial charge in [0, 0.05) is 29.8 Å². The monoisotopic (exact) mass is 336 g/mol. The molecule has 2 N–H and O–H groups in total. The van der Waals surface area contributed by atoms with Crippen LogP contribution in [0, 0.1) is 5.82 Å². The second-order valence-corrected chi connectivity index (χ2v) is 5.79. The number of benzene rings is 2. The SMILES string of the molecule is C[C@H](N)c1cc(F)ccc1N(C)Cc1ccccc1Br. The van der Waals surface area contributed by atoms with Crippen LogP contribution in [0.3, 0.4) is 0 Å². The molecule has 0 saturated carbocycles. The van der Waals surface area contributed by atoms with E-state index in [1.165, 1.54) is 17.7 Å². The Bertz CT molecular complexity index is 599. The Morgan fingerprint density at radius 3 is 2.60 bits per heavy atom. The second-order valence-electron chi connectivity index (χ2n) is 4.94. The lowest BCUT2D eigenvalue weighted by atomic mass is 10.1. The highest BCUT2D eigenvalue weighted by atomic mass is 79.9. The first kappa shape index (κ1) is 15.0. The van der Waals surface area contributed by atoms with Gasteiger partial charge in [-0.15, -0.1) is 0 Å². The normalized spacial score (nSPS) is 12.2. The highest BCUT2D eigenvalue weighted by molar-refractivity contribution is 9.10. The maximum Gasteiger partial charge on any atom is 0.123 e. The molecule has 0 aliphatic heterocycles. The van der Waals surface area contributed by atoms with Gasteiger partial charge in [0.15, 0.2) is 0 Å². The molecule has 20 heavy (non-hydrogen) atoms. The summed E-state index contributed by atoms with van der Waals surface area (Å²) in [7, 11) is 1.98. The molecule has 0 bridgehead atoms. The highest BCUT2D eigenvalue weighted by Gasteiger charge is 2.13. The predicted molar refractivity (Wildman–Crippen MR) is 85.3 cm³/mol. The molecule has 1 atom stereocenters. The molecule has 0 aromatic heterocycles. The van der Waals surface area contributed by atoms with Crippen molar-refractivity contribution in [3.8, 4) is 0 Å². The zero-order valence-corrected chi connectivity index (χ0v) is 13.2. The number of anilines is 1. The van der Waals surface area contributed by atoms with Gasteiger partial charge >= 0.3 is 0 Å². The molecule has 0 radical (unpaired) electrons. The van der Waals surface area contributed by atoms with Gasteiger partial charge in [-0.1, -0.05) is 34.1 Å². The molecule has 0 aliphatic rings. The third kappa shape index (κ3) is 3.38. The van der Waals surface area contributed by atoms with Crippen molar-refractivity contribution in [2.45, 2.75) is 19.5 Å². The van der Waals surface area contributed by atoms with E-state index in [2.05, 4.69) is 26.9 Å². The van der Waals surface area contributed by atoms with Crippen molar-refractivity contribution in [2.75, 3.05) is 11.9 Å². The first-order valence-electron chi connectivity index (χ1n) is 6.48. The molecule has 0 saturated heterocycles. The van der Waals surface area contributed by atoms with Crippen LogP contribution in [0.2, 0.25) is 0 Å². The van der Waals surface area contributed by atoms with Gasteiger partial charge in [-0.2, -0.15) is 0 Å². The van der Waals surface area contributed by atoms with E-state index in [1.54, 1.807) is 6.07 Å². The van der Waals surface area contributed by atoms with Crippen LogP contribution < -0.4 is 10.6 Å². The van der Waals surface area contributed by atoms with Gasteiger partial charge in [0.05, 0.1) is 0 Å². The summed E-state index contributed by atoms with van der Waals surface area (Å²) >= 11 is 3.55. The molecule has 2 rings (SSSR count). The molecule has 2 aromatic carbocycles. The molecule has 0 unspecified atom stereocenters. The van der Waals surface area contributed by atoms with Crippen molar-refractivity contribution < 1.29 is 4.39 Å². The lowest BCUT2D eigenvalue weighted by Crippen LogP contribution is -2.20. The third-order valence-corrected chi connectivity index (χ3v) is 4.03. The topological polar surface area (TPSA) is 29.3 Å². The van der Waals surface area contributed by atoms with Gasteiger partial charge in [-0.05, 0) is 42.3 Å². The Morgan fingerprint density at radius 2 is 1.95 bits per heavy atom. The Labute approximate surface area is 127 Å². The number of hydrogen-bond donors (Lipinski definition) is 1. The summed E-state index contributed by atoms with van der Waals surface area (Å²) in [5.74, 6) is -0.254. The molecule has 4 heteroatoms. The van der Waals surface area contributed by atoms with Crippen LogP contribution in [0.5, 0.6) is 0 Å². The molecule has 0 spiro atoms. The first-order valence-corrected chi connectivity index (χ1v) is 7.28. The minimum atomic E-state index is -0.254. The van der Waals surface area contributed by atoms with Crippen molar-refractivity contribution in [2.24, 2.45) is 5.73 Å². The van der Waals surface area contributed by atoms with Crippen molar-refractivity contribution >= 4 is 21.6 Å². The number of rotatable bonds is 4. The van der Waals surface area contributed by atoms with Crippen LogP contribution in [0.4, 0.5) is 10.1 Å². The Balaban J connectivity index is 2.30. The van der Waals surface area contributed by atoms with Gasteiger partial charge < -0.3 is 10.6 Å². The van der Waals surface area contributed by atoms with Gasteiger partial charge in [0.25, 0.3) is 0 Å². The fourth-order valence-corrected chi connectivity index (χ4v) is 2.62. The van der Waals surface area contributed by atoms with E-state index in [0.717, 1.165) is 22.3 Å². The minimum Gasteiger partial charge on any atom is -0.370 e. The average Bonchev–Trinajstić information content (AvgIpc) is 2.41. The predicted octanol–water partition coefficient (Wildman–Crippen LogP) is 4.24. The molecular weight excluding hydrogens is 319 g/mol. The summed E-state index contributed by atoms with van der Waals surface area (Å²) in [5.41, 5.74) is 8.89. The van der Waals surface area contributed by atoms with Gasteiger partial charge in [0.1, 0.15) is 5.82 Å². The maximum absolute atomic E-state index is 13.4. The second kappa shape index (κ2) is 6.37. The van der Waals surface area contributed by atoms with Gasteiger partial charge in [0.2, 0.25) is 0 Å². The molecule has 0 heterocycles. The van der Waals surface area contributed by atoms with Crippen LogP contribution in [-0.2, 0) is 6.54 Å². The molecule has 0 fully saturated rings. The Kier molecular flexibility index (Phi) is 4.78. The summed E-state index contributed by atoms with van der Waals surface area (Å²) in [6, 6.07) is 12.6. The lowest BCUT2D eigenvalue weighted by Gasteiger charge is -2.24. The van der Waals surface area contributed by atoms with Crippen LogP contribution in [0.15, 0.2) is 46.9 Å². The summed E-state index contributed by atoms with van der Waals surface area (Å²) < 4.78 is 14.4. The average molecular weight is 337 g/mol. The van der Waals surface area contributed by atoms with Crippen molar-refractivity contribution in [1.29, 1.82) is 0 Å². The van der Waals surface area contributed by atoms with Crippen LogP contribution >= 0.6 is 15.9 Å². The van der Waals surface area contributed by atoms with Gasteiger partial charge in [-0.3, -0.25) is 0 Å². The van der Waals surface area contributed by atoms with E-state index in [0.29, 0.717) is 0 Å². The fraction of sp³-hybridized carbons (Fsp3) is 0.250. The molecule has 0 aliphatic carbocycles. The molecule has 106 valence electrons. The van der Waals surface area contributed by atoms with Crippen LogP contribution in [0.1, 0.15) is 24.1 Å². The summed E-state index contributed by atoms with van der Waals surface area (Å²) in [6.45, 7) is 2.59. The minimum absolute atomic E-state index is 0.206. The molecule has 2 nitrogen and oxygen atoms in total. The van der Waals surface area contributed by atoms with Gasteiger partial charge in [-0.25, -0.2) is 4.39 Å². The van der Waals surface area contributed by atoms with E-state index in [9.17, 15) is 4.39 Å². The van der Waals surface area contributed by atoms with E-state index < -0.39 is 0 Å². The number of nitrogens with two attached hydrogens (primary N) is 1. The quantitative estimate of drug-likeness (QED) is 0.904. The third-order valence-electron chi connectivity index (χ3n) is 3.26. The van der Waals surface area contributed by atoms with Crippen LogP contribution in [0.25, 0.3) is 0 Å². The fourth-order valence-electron chi connectivity index (χ4n) is 2.21. The van der Waals surface area contributed by atoms with Crippen LogP contribution in [-0.4, -0.2) is 7.05 Å². The standard InChI is InChI=1S/C16H18BrFN2/c1-11(19)14-9-13(18)7-8-16(14)20(2)10-12-5-3-4-6-15(12)17/h3-9,11H,10,19H2,1-2H3/t11-/m0/s1. The zero-order chi connectivity index (χ0) is 14.7. The lowest BCUT2D eigenvalue weighted by molar-refractivity contribution is 0.622. The number of hydrogen-bond acceptors (Lipinski definition) is 2. The summed E-state index contributed by atoms with van der Waals surface area (Å²) in [6.07, 6.45) is 0. The Hall–Kier alpha value is -1.39. The smallest absolute Gasteiger partial charge is 0.123 e. The first-order chi connectivity index (χ1) is 9.49. The van der Waals surface area contributed by atoms with E-state index >= 15 is 0 Å². The number of nitrogens with zero attached hydrogens (tertiary/aromatic N) is 1. The molecular formula is C16H18BrFN2. The number of halogens is 2. The van der Waals surface area contributed by atoms with Crippen molar-refractivity contribution in [3.63, 3.8) is 0 Å². The highest BCUT2D eigenvalue weighted by Crippen LogP contribution is 2.27. The van der Waals surface area contributed by atoms with Crippen molar-refractivity contribution in [3.05, 3.63) is 63.9 Å². The summed E-state index contributed by atoms with van der Waals surface area (Å²) in [4.78, 5) is 2.08. The Morgan fingerprint density at radius 1 is 1.25 bits per heavy atom. The van der Waals surface area contributed by atoms with E-state index in [1.807, 2.05) is 32.2 Å². The largest absolute Gasteiger partial charge is 0.370 e. The van der Waals surface area contributed by atoms with E-state index in [-0.39, 0.29) is 11.9 Å². The molecule has 2 aromatic rings. The zero-order valence-electron chi connectivity index (χ0n) is 11.6. The molecule has 0 amide bonds.